The highest BCUT2D eigenvalue weighted by Crippen LogP contribution is 2.11. The van der Waals surface area contributed by atoms with Crippen molar-refractivity contribution in [2.24, 2.45) is 0 Å². The fourth-order valence-corrected chi connectivity index (χ4v) is 1.68. The first-order chi connectivity index (χ1) is 7.84. The zero-order valence-electron chi connectivity index (χ0n) is 9.06. The predicted molar refractivity (Wildman–Crippen MR) is 62.0 cm³/mol. The van der Waals surface area contributed by atoms with E-state index in [4.69, 9.17) is 21.1 Å². The zero-order valence-corrected chi connectivity index (χ0v) is 9.82. The number of hydrogen-bond acceptors (Lipinski definition) is 4. The molecule has 1 aliphatic heterocycles. The Bertz CT molecular complexity index is 312. The van der Waals surface area contributed by atoms with Crippen LogP contribution in [0.25, 0.3) is 0 Å². The van der Waals surface area contributed by atoms with Crippen molar-refractivity contribution in [3.8, 4) is 5.75 Å². The van der Waals surface area contributed by atoms with Gasteiger partial charge in [-0.1, -0.05) is 11.6 Å². The molecule has 5 heteroatoms. The Morgan fingerprint density at radius 3 is 2.88 bits per heavy atom. The van der Waals surface area contributed by atoms with Gasteiger partial charge < -0.3 is 9.47 Å². The predicted octanol–water partition coefficient (Wildman–Crippen LogP) is 1.45. The molecule has 1 saturated heterocycles. The van der Waals surface area contributed by atoms with E-state index in [1.165, 1.54) is 0 Å². The Kier molecular flexibility index (Phi) is 4.39. The zero-order chi connectivity index (χ0) is 11.2. The number of nitrogens with zero attached hydrogens (tertiary/aromatic N) is 2. The third kappa shape index (κ3) is 3.63. The number of hydrogen-bond donors (Lipinski definition) is 0. The van der Waals surface area contributed by atoms with Crippen LogP contribution in [0.15, 0.2) is 18.3 Å². The number of aromatic nitrogens is 1. The van der Waals surface area contributed by atoms with Gasteiger partial charge in [0.15, 0.2) is 0 Å². The molecule has 2 rings (SSSR count). The lowest BCUT2D eigenvalue weighted by Crippen LogP contribution is -2.38. The summed E-state index contributed by atoms with van der Waals surface area (Å²) in [5.41, 5.74) is 0. The van der Waals surface area contributed by atoms with Gasteiger partial charge in [-0.3, -0.25) is 4.90 Å². The highest BCUT2D eigenvalue weighted by atomic mass is 35.5. The van der Waals surface area contributed by atoms with Gasteiger partial charge >= 0.3 is 0 Å². The molecule has 16 heavy (non-hydrogen) atoms. The molecule has 0 N–H and O–H groups in total. The van der Waals surface area contributed by atoms with Crippen LogP contribution in [0.3, 0.4) is 0 Å². The first-order valence-corrected chi connectivity index (χ1v) is 5.77. The maximum Gasteiger partial charge on any atom is 0.137 e. The second-order valence-corrected chi connectivity index (χ2v) is 4.01. The molecule has 1 fully saturated rings. The van der Waals surface area contributed by atoms with Gasteiger partial charge in [-0.2, -0.15) is 0 Å². The van der Waals surface area contributed by atoms with E-state index in [1.807, 2.05) is 6.07 Å². The number of ether oxygens (including phenoxy) is 2. The Morgan fingerprint density at radius 2 is 2.19 bits per heavy atom. The molecule has 0 radical (unpaired) electrons. The summed E-state index contributed by atoms with van der Waals surface area (Å²) in [5.74, 6) is 0.762. The van der Waals surface area contributed by atoms with Crippen LogP contribution in [-0.4, -0.2) is 49.3 Å². The van der Waals surface area contributed by atoms with Crippen molar-refractivity contribution < 1.29 is 9.47 Å². The van der Waals surface area contributed by atoms with Crippen molar-refractivity contribution in [2.75, 3.05) is 39.5 Å². The number of morpholine rings is 1. The van der Waals surface area contributed by atoms with E-state index in [9.17, 15) is 0 Å². The highest BCUT2D eigenvalue weighted by molar-refractivity contribution is 6.29. The summed E-state index contributed by atoms with van der Waals surface area (Å²) in [4.78, 5) is 6.28. The maximum atomic E-state index is 5.68. The normalized spacial score (nSPS) is 17.3. The SMILES string of the molecule is Clc1ccc(OCCN2CCOCC2)cn1. The molecule has 1 aromatic heterocycles. The molecule has 0 atom stereocenters. The van der Waals surface area contributed by atoms with E-state index in [1.54, 1.807) is 12.3 Å². The first-order valence-electron chi connectivity index (χ1n) is 5.39. The van der Waals surface area contributed by atoms with Crippen molar-refractivity contribution in [1.82, 2.24) is 9.88 Å². The van der Waals surface area contributed by atoms with Crippen LogP contribution in [0.5, 0.6) is 5.75 Å². The maximum absolute atomic E-state index is 5.68. The van der Waals surface area contributed by atoms with E-state index < -0.39 is 0 Å². The molecule has 88 valence electrons. The van der Waals surface area contributed by atoms with Crippen molar-refractivity contribution in [3.63, 3.8) is 0 Å². The smallest absolute Gasteiger partial charge is 0.137 e. The lowest BCUT2D eigenvalue weighted by atomic mass is 10.4. The number of halogens is 1. The van der Waals surface area contributed by atoms with Crippen molar-refractivity contribution >= 4 is 11.6 Å². The fraction of sp³-hybridized carbons (Fsp3) is 0.545. The summed E-state index contributed by atoms with van der Waals surface area (Å²) in [7, 11) is 0. The van der Waals surface area contributed by atoms with Gasteiger partial charge in [0.05, 0.1) is 19.4 Å². The molecular weight excluding hydrogens is 228 g/mol. The summed E-state index contributed by atoms with van der Waals surface area (Å²) in [6.45, 7) is 5.21. The van der Waals surface area contributed by atoms with Gasteiger partial charge in [-0.15, -0.1) is 0 Å². The quantitative estimate of drug-likeness (QED) is 0.749. The standard InChI is InChI=1S/C11H15ClN2O2/c12-11-2-1-10(9-13-11)16-8-5-14-3-6-15-7-4-14/h1-2,9H,3-8H2. The minimum absolute atomic E-state index is 0.487. The molecule has 0 bridgehead atoms. The summed E-state index contributed by atoms with van der Waals surface area (Å²) in [6.07, 6.45) is 1.64. The minimum atomic E-state index is 0.487. The molecule has 0 spiro atoms. The molecule has 1 aliphatic rings. The lowest BCUT2D eigenvalue weighted by molar-refractivity contribution is 0.0322. The Hall–Kier alpha value is -0.840. The monoisotopic (exact) mass is 242 g/mol. The summed E-state index contributed by atoms with van der Waals surface area (Å²) >= 11 is 5.68. The number of rotatable bonds is 4. The Labute approximate surface area is 100 Å². The van der Waals surface area contributed by atoms with Crippen LogP contribution in [0.4, 0.5) is 0 Å². The third-order valence-corrected chi connectivity index (χ3v) is 2.70. The van der Waals surface area contributed by atoms with Crippen LogP contribution in [0.2, 0.25) is 5.15 Å². The lowest BCUT2D eigenvalue weighted by Gasteiger charge is -2.26. The number of pyridine rings is 1. The van der Waals surface area contributed by atoms with E-state index in [2.05, 4.69) is 9.88 Å². The molecule has 0 saturated carbocycles. The molecule has 1 aromatic rings. The van der Waals surface area contributed by atoms with Crippen LogP contribution >= 0.6 is 11.6 Å². The first kappa shape index (κ1) is 11.6. The molecule has 4 nitrogen and oxygen atoms in total. The van der Waals surface area contributed by atoms with Gasteiger partial charge in [-0.05, 0) is 12.1 Å². The van der Waals surface area contributed by atoms with Crippen LogP contribution in [0, 0.1) is 0 Å². The van der Waals surface area contributed by atoms with Gasteiger partial charge in [-0.25, -0.2) is 4.98 Å². The second kappa shape index (κ2) is 6.03. The van der Waals surface area contributed by atoms with Crippen LogP contribution in [0.1, 0.15) is 0 Å². The molecular formula is C11H15ClN2O2. The van der Waals surface area contributed by atoms with Gasteiger partial charge in [0, 0.05) is 19.6 Å². The average molecular weight is 243 g/mol. The Balaban J connectivity index is 1.69. The average Bonchev–Trinajstić information content (AvgIpc) is 2.33. The third-order valence-electron chi connectivity index (χ3n) is 2.48. The van der Waals surface area contributed by atoms with E-state index in [-0.39, 0.29) is 0 Å². The summed E-state index contributed by atoms with van der Waals surface area (Å²) in [5, 5.41) is 0.487. The largest absolute Gasteiger partial charge is 0.491 e. The molecule has 0 amide bonds. The Morgan fingerprint density at radius 1 is 1.38 bits per heavy atom. The van der Waals surface area contributed by atoms with E-state index in [0.29, 0.717) is 11.8 Å². The molecule has 0 aliphatic carbocycles. The van der Waals surface area contributed by atoms with Crippen LogP contribution < -0.4 is 4.74 Å². The van der Waals surface area contributed by atoms with Crippen molar-refractivity contribution in [1.29, 1.82) is 0 Å². The van der Waals surface area contributed by atoms with Gasteiger partial charge in [0.25, 0.3) is 0 Å². The minimum Gasteiger partial charge on any atom is -0.491 e. The van der Waals surface area contributed by atoms with Gasteiger partial charge in [0.1, 0.15) is 17.5 Å². The van der Waals surface area contributed by atoms with E-state index >= 15 is 0 Å². The second-order valence-electron chi connectivity index (χ2n) is 3.62. The topological polar surface area (TPSA) is 34.6 Å². The van der Waals surface area contributed by atoms with Crippen LogP contribution in [-0.2, 0) is 4.74 Å². The van der Waals surface area contributed by atoms with E-state index in [0.717, 1.165) is 38.6 Å². The fourth-order valence-electron chi connectivity index (χ4n) is 1.56. The summed E-state index contributed by atoms with van der Waals surface area (Å²) in [6, 6.07) is 3.56. The van der Waals surface area contributed by atoms with Crippen molar-refractivity contribution in [3.05, 3.63) is 23.5 Å². The molecule has 0 unspecified atom stereocenters. The highest BCUT2D eigenvalue weighted by Gasteiger charge is 2.09. The van der Waals surface area contributed by atoms with Gasteiger partial charge in [0.2, 0.25) is 0 Å². The summed E-state index contributed by atoms with van der Waals surface area (Å²) < 4.78 is 10.8. The molecule has 2 heterocycles. The van der Waals surface area contributed by atoms with Crippen molar-refractivity contribution in [2.45, 2.75) is 0 Å². The molecule has 0 aromatic carbocycles.